The van der Waals surface area contributed by atoms with E-state index >= 15 is 0 Å². The third-order valence-electron chi connectivity index (χ3n) is 6.84. The van der Waals surface area contributed by atoms with E-state index in [0.717, 1.165) is 46.2 Å². The van der Waals surface area contributed by atoms with Crippen LogP contribution in [0.3, 0.4) is 0 Å². The normalized spacial score (nSPS) is 16.0. The van der Waals surface area contributed by atoms with E-state index in [1.165, 1.54) is 11.1 Å². The van der Waals surface area contributed by atoms with Crippen molar-refractivity contribution in [2.24, 2.45) is 0 Å². The first kappa shape index (κ1) is 28.8. The molecule has 0 fully saturated rings. The monoisotopic (exact) mass is 552 g/mol. The first-order valence-electron chi connectivity index (χ1n) is 13.2. The third kappa shape index (κ3) is 6.86. The molecule has 1 aliphatic rings. The van der Waals surface area contributed by atoms with Crippen LogP contribution in [0.25, 0.3) is 0 Å². The Morgan fingerprint density at radius 1 is 1.21 bits per heavy atom. The molecule has 1 aliphatic heterocycles. The molecule has 208 valence electrons. The fraction of sp³-hybridized carbons (Fsp3) is 0.367. The molecule has 0 saturated heterocycles. The van der Waals surface area contributed by atoms with Crippen LogP contribution in [0, 0.1) is 6.92 Å². The Hall–Kier alpha value is -3.24. The molecule has 4 rings (SSSR count). The van der Waals surface area contributed by atoms with Crippen LogP contribution in [0.5, 0.6) is 11.5 Å². The molecule has 0 aliphatic carbocycles. The van der Waals surface area contributed by atoms with Gasteiger partial charge in [-0.2, -0.15) is 0 Å². The number of quaternary nitrogens is 2. The number of rotatable bonds is 9. The van der Waals surface area contributed by atoms with E-state index in [0.29, 0.717) is 12.4 Å². The second-order valence-electron chi connectivity index (χ2n) is 9.97. The van der Waals surface area contributed by atoms with Crippen LogP contribution >= 0.6 is 11.9 Å². The van der Waals surface area contributed by atoms with Crippen LogP contribution in [-0.4, -0.2) is 43.7 Å². The van der Waals surface area contributed by atoms with Crippen molar-refractivity contribution in [2.75, 3.05) is 32.3 Å². The minimum Gasteiger partial charge on any atom is -0.494 e. The van der Waals surface area contributed by atoms with Gasteiger partial charge in [-0.25, -0.2) is 9.31 Å². The van der Waals surface area contributed by atoms with Crippen molar-refractivity contribution in [2.45, 2.75) is 50.7 Å². The van der Waals surface area contributed by atoms with E-state index in [1.54, 1.807) is 24.1 Å². The lowest BCUT2D eigenvalue weighted by Crippen LogP contribution is -2.67. The third-order valence-corrected chi connectivity index (χ3v) is 7.91. The van der Waals surface area contributed by atoms with Crippen molar-refractivity contribution in [3.63, 3.8) is 0 Å². The molecule has 0 saturated carbocycles. The summed E-state index contributed by atoms with van der Waals surface area (Å²) in [5, 5.41) is 1.75. The number of methoxy groups -OCH3 is 1. The second kappa shape index (κ2) is 12.7. The largest absolute Gasteiger partial charge is 0.494 e. The molecular formula is C30H40N4O4S+2. The Balaban J connectivity index is 1.70. The number of ether oxygens (including phenoxy) is 3. The fourth-order valence-electron chi connectivity index (χ4n) is 5.00. The van der Waals surface area contributed by atoms with E-state index in [1.807, 2.05) is 44.3 Å². The second-order valence-corrected chi connectivity index (χ2v) is 11.1. The highest BCUT2D eigenvalue weighted by Gasteiger charge is 2.26. The van der Waals surface area contributed by atoms with Crippen molar-refractivity contribution in [3.05, 3.63) is 76.9 Å². The number of carbonyl (C=O) groups is 1. The Bertz CT molecular complexity index is 1320. The Morgan fingerprint density at radius 2 is 1.97 bits per heavy atom. The van der Waals surface area contributed by atoms with Crippen molar-refractivity contribution in [1.82, 2.24) is 4.31 Å². The number of hydrogen-bond acceptors (Lipinski definition) is 7. The highest BCUT2D eigenvalue weighted by atomic mass is 32.2. The number of aryl methyl sites for hydroxylation is 1. The molecule has 6 N–H and O–H groups in total. The molecule has 39 heavy (non-hydrogen) atoms. The Labute approximate surface area is 235 Å². The van der Waals surface area contributed by atoms with Crippen molar-refractivity contribution in [1.29, 1.82) is 0 Å². The average Bonchev–Trinajstić information content (AvgIpc) is 3.05. The topological polar surface area (TPSA) is 107 Å². The number of hydrogen-bond donors (Lipinski definition) is 2. The summed E-state index contributed by atoms with van der Waals surface area (Å²) in [4.78, 5) is 13.9. The standard InChI is InChI=1S/C30H38N4O4S/c1-6-37-29(35)16-24(22-14-25(31)30(33(4)32)27(15-22)36-5)21-12-11-19(2)23(13-21)18-34-17-20(3)38-26-9-7-8-10-28(26)39-34/h7-15,20,24H,6,16-18,31-32H2,1-5H3/p+2/t20-,24?/m1/s1. The van der Waals surface area contributed by atoms with Gasteiger partial charge in [-0.15, -0.1) is 0 Å². The zero-order valence-corrected chi connectivity index (χ0v) is 24.3. The van der Waals surface area contributed by atoms with Crippen LogP contribution < -0.4 is 26.1 Å². The van der Waals surface area contributed by atoms with Crippen molar-refractivity contribution < 1.29 is 30.6 Å². The predicted molar refractivity (Wildman–Crippen MR) is 154 cm³/mol. The summed E-state index contributed by atoms with van der Waals surface area (Å²) in [7, 11) is 3.50. The van der Waals surface area contributed by atoms with Crippen LogP contribution in [0.4, 0.5) is 11.4 Å². The maximum absolute atomic E-state index is 12.8. The smallest absolute Gasteiger partial charge is 0.306 e. The molecular weight excluding hydrogens is 512 g/mol. The van der Waals surface area contributed by atoms with Gasteiger partial charge in [0.25, 0.3) is 0 Å². The number of esters is 1. The summed E-state index contributed by atoms with van der Waals surface area (Å²) in [5.74, 6) is 5.15. The first-order chi connectivity index (χ1) is 18.7. The lowest BCUT2D eigenvalue weighted by Gasteiger charge is -2.24. The van der Waals surface area contributed by atoms with Gasteiger partial charge in [0.15, 0.2) is 17.1 Å². The molecule has 0 amide bonds. The quantitative estimate of drug-likeness (QED) is 0.236. The summed E-state index contributed by atoms with van der Waals surface area (Å²) < 4.78 is 19.6. The van der Waals surface area contributed by atoms with Gasteiger partial charge in [0.2, 0.25) is 0 Å². The van der Waals surface area contributed by atoms with Crippen LogP contribution in [0.15, 0.2) is 59.5 Å². The molecule has 3 aromatic rings. The molecule has 9 heteroatoms. The summed E-state index contributed by atoms with van der Waals surface area (Å²) in [6.45, 7) is 7.93. The zero-order valence-electron chi connectivity index (χ0n) is 23.5. The summed E-state index contributed by atoms with van der Waals surface area (Å²) in [6, 6.07) is 18.6. The van der Waals surface area contributed by atoms with E-state index in [2.05, 4.69) is 54.0 Å². The van der Waals surface area contributed by atoms with Crippen molar-refractivity contribution in [3.8, 4) is 11.5 Å². The molecule has 1 heterocycles. The molecule has 0 bridgehead atoms. The van der Waals surface area contributed by atoms with E-state index < -0.39 is 0 Å². The van der Waals surface area contributed by atoms with Crippen LogP contribution in [-0.2, 0) is 16.1 Å². The van der Waals surface area contributed by atoms with Gasteiger partial charge >= 0.3 is 5.97 Å². The number of para-hydroxylation sites is 1. The van der Waals surface area contributed by atoms with Gasteiger partial charge in [0.1, 0.15) is 11.9 Å². The number of anilines is 1. The first-order valence-corrected chi connectivity index (χ1v) is 14.0. The number of nitrogens with zero attached hydrogens (tertiary/aromatic N) is 2. The molecule has 3 aromatic carbocycles. The zero-order chi connectivity index (χ0) is 28.1. The van der Waals surface area contributed by atoms with Gasteiger partial charge in [0, 0.05) is 25.1 Å². The van der Waals surface area contributed by atoms with Gasteiger partial charge in [-0.1, -0.05) is 30.3 Å². The van der Waals surface area contributed by atoms with Crippen LogP contribution in [0.2, 0.25) is 0 Å². The van der Waals surface area contributed by atoms with Crippen molar-refractivity contribution >= 4 is 29.3 Å². The summed E-state index contributed by atoms with van der Waals surface area (Å²) >= 11 is 1.72. The SMILES string of the molecule is CCOC(=O)CC(c1ccc(C)c(CN2C[C@@H](C)Oc3ccccc3S2)c1)c1cc([NH3+])c(N(C)[NH3+])c(OC)c1. The molecule has 1 unspecified atom stereocenters. The van der Waals surface area contributed by atoms with Crippen LogP contribution in [0.1, 0.15) is 48.4 Å². The fourth-order valence-corrected chi connectivity index (χ4v) is 6.11. The molecule has 0 aromatic heterocycles. The predicted octanol–water partition coefficient (Wildman–Crippen LogP) is 3.85. The number of benzene rings is 3. The summed E-state index contributed by atoms with van der Waals surface area (Å²) in [6.07, 6.45) is 0.281. The van der Waals surface area contributed by atoms with Gasteiger partial charge < -0.3 is 19.9 Å². The maximum atomic E-state index is 12.8. The van der Waals surface area contributed by atoms with Gasteiger partial charge in [-0.3, -0.25) is 10.6 Å². The number of carbonyl (C=O) groups excluding carboxylic acids is 1. The van der Waals surface area contributed by atoms with Gasteiger partial charge in [-0.05, 0) is 73.2 Å². The number of fused-ring (bicyclic) bond motifs is 1. The average molecular weight is 553 g/mol. The maximum Gasteiger partial charge on any atom is 0.306 e. The van der Waals surface area contributed by atoms with E-state index in [-0.39, 0.29) is 24.4 Å². The minimum atomic E-state index is -0.238. The van der Waals surface area contributed by atoms with E-state index in [4.69, 9.17) is 14.2 Å². The Kier molecular flexibility index (Phi) is 9.40. The molecule has 0 radical (unpaired) electrons. The lowest BCUT2D eigenvalue weighted by molar-refractivity contribution is -0.381. The Morgan fingerprint density at radius 3 is 2.69 bits per heavy atom. The van der Waals surface area contributed by atoms with Gasteiger partial charge in [0.05, 0.1) is 32.1 Å². The lowest BCUT2D eigenvalue weighted by atomic mass is 9.86. The molecule has 8 nitrogen and oxygen atoms in total. The highest BCUT2D eigenvalue weighted by Crippen LogP contribution is 2.40. The molecule has 0 spiro atoms. The molecule has 2 atom stereocenters. The van der Waals surface area contributed by atoms with E-state index in [9.17, 15) is 4.79 Å². The highest BCUT2D eigenvalue weighted by molar-refractivity contribution is 7.97. The summed E-state index contributed by atoms with van der Waals surface area (Å²) in [5.41, 5.74) is 10.3. The minimum absolute atomic E-state index is 0.0637.